The highest BCUT2D eigenvalue weighted by atomic mass is 35.5. The van der Waals surface area contributed by atoms with E-state index in [2.05, 4.69) is 17.4 Å². The van der Waals surface area contributed by atoms with E-state index in [0.29, 0.717) is 21.6 Å². The third-order valence-electron chi connectivity index (χ3n) is 2.73. The second kappa shape index (κ2) is 8.16. The van der Waals surface area contributed by atoms with Gasteiger partial charge in [0.25, 0.3) is 0 Å². The highest BCUT2D eigenvalue weighted by molar-refractivity contribution is 7.99. The number of halogens is 3. The Kier molecular flexibility index (Phi) is 6.53. The number of hydrogen-bond donors (Lipinski definition) is 1. The average molecular weight is 347 g/mol. The van der Waals surface area contributed by atoms with Crippen LogP contribution in [0.1, 0.15) is 5.56 Å². The zero-order chi connectivity index (χ0) is 14.4. The van der Waals surface area contributed by atoms with Crippen molar-refractivity contribution in [2.24, 2.45) is 0 Å². The number of thioether (sulfide) groups is 1. The third kappa shape index (κ3) is 4.57. The molecule has 0 saturated heterocycles. The van der Waals surface area contributed by atoms with Gasteiger partial charge in [0.1, 0.15) is 0 Å². The quantitative estimate of drug-likeness (QED) is 0.419. The summed E-state index contributed by atoms with van der Waals surface area (Å²) in [4.78, 5) is 1.27. The highest BCUT2D eigenvalue weighted by Gasteiger charge is 2.08. The Hall–Kier alpha value is -0.380. The van der Waals surface area contributed by atoms with Crippen LogP contribution in [0.15, 0.2) is 47.4 Å². The van der Waals surface area contributed by atoms with Crippen molar-refractivity contribution in [2.75, 3.05) is 12.3 Å². The molecule has 0 aromatic heterocycles. The third-order valence-corrected chi connectivity index (χ3v) is 4.94. The van der Waals surface area contributed by atoms with E-state index in [0.717, 1.165) is 17.9 Å². The first-order valence-corrected chi connectivity index (χ1v) is 8.31. The summed E-state index contributed by atoms with van der Waals surface area (Å²) in [6.07, 6.45) is 0. The maximum Gasteiger partial charge on any atom is 0.0652 e. The fourth-order valence-corrected chi connectivity index (χ4v) is 3.22. The van der Waals surface area contributed by atoms with Crippen LogP contribution in [0, 0.1) is 0 Å². The molecule has 0 spiro atoms. The minimum atomic E-state index is 0.530. The van der Waals surface area contributed by atoms with E-state index in [4.69, 9.17) is 34.8 Å². The summed E-state index contributed by atoms with van der Waals surface area (Å²) in [5.74, 6) is 0.986. The van der Waals surface area contributed by atoms with Gasteiger partial charge in [-0.25, -0.2) is 0 Å². The van der Waals surface area contributed by atoms with Gasteiger partial charge in [-0.05, 0) is 24.3 Å². The lowest BCUT2D eigenvalue weighted by molar-refractivity contribution is 0.732. The number of benzene rings is 2. The molecule has 0 fully saturated rings. The van der Waals surface area contributed by atoms with Crippen LogP contribution < -0.4 is 5.32 Å². The fraction of sp³-hybridized carbons (Fsp3) is 0.200. The molecule has 2 aromatic carbocycles. The van der Waals surface area contributed by atoms with E-state index in [-0.39, 0.29) is 0 Å². The van der Waals surface area contributed by atoms with Gasteiger partial charge in [0.05, 0.1) is 10.0 Å². The summed E-state index contributed by atoms with van der Waals surface area (Å²) < 4.78 is 0. The SMILES string of the molecule is Clc1ccc(Cl)c(CNCCSc2ccccc2)c1Cl. The van der Waals surface area contributed by atoms with E-state index >= 15 is 0 Å². The lowest BCUT2D eigenvalue weighted by Crippen LogP contribution is -2.17. The van der Waals surface area contributed by atoms with Gasteiger partial charge in [-0.1, -0.05) is 53.0 Å². The van der Waals surface area contributed by atoms with Crippen LogP contribution >= 0.6 is 46.6 Å². The Morgan fingerprint density at radius 3 is 2.35 bits per heavy atom. The van der Waals surface area contributed by atoms with Gasteiger partial charge in [-0.3, -0.25) is 0 Å². The Morgan fingerprint density at radius 1 is 0.900 bits per heavy atom. The van der Waals surface area contributed by atoms with Gasteiger partial charge in [0.2, 0.25) is 0 Å². The second-order valence-corrected chi connectivity index (χ2v) is 6.52. The Morgan fingerprint density at radius 2 is 1.60 bits per heavy atom. The van der Waals surface area contributed by atoms with E-state index < -0.39 is 0 Å². The molecule has 2 rings (SSSR count). The predicted octanol–water partition coefficient (Wildman–Crippen LogP) is 5.53. The molecule has 106 valence electrons. The van der Waals surface area contributed by atoms with Crippen LogP contribution in [-0.4, -0.2) is 12.3 Å². The molecule has 20 heavy (non-hydrogen) atoms. The van der Waals surface area contributed by atoms with Gasteiger partial charge in [0, 0.05) is 34.3 Å². The standard InChI is InChI=1S/C15H14Cl3NS/c16-13-6-7-14(17)15(18)12(13)10-19-8-9-20-11-4-2-1-3-5-11/h1-7,19H,8-10H2. The van der Waals surface area contributed by atoms with Crippen LogP contribution in [-0.2, 0) is 6.54 Å². The molecular formula is C15H14Cl3NS. The first kappa shape index (κ1) is 16.0. The van der Waals surface area contributed by atoms with Crippen molar-refractivity contribution in [3.05, 3.63) is 63.1 Å². The van der Waals surface area contributed by atoms with Crippen molar-refractivity contribution < 1.29 is 0 Å². The molecule has 0 aliphatic carbocycles. The average Bonchev–Trinajstić information content (AvgIpc) is 2.47. The van der Waals surface area contributed by atoms with Crippen molar-refractivity contribution in [3.8, 4) is 0 Å². The van der Waals surface area contributed by atoms with Crippen molar-refractivity contribution in [2.45, 2.75) is 11.4 Å². The Labute approximate surface area is 138 Å². The van der Waals surface area contributed by atoms with Crippen molar-refractivity contribution in [1.82, 2.24) is 5.32 Å². The summed E-state index contributed by atoms with van der Waals surface area (Å²) >= 11 is 20.1. The minimum absolute atomic E-state index is 0.530. The molecule has 0 aliphatic rings. The summed E-state index contributed by atoms with van der Waals surface area (Å²) in [5.41, 5.74) is 0.852. The van der Waals surface area contributed by atoms with E-state index in [1.807, 2.05) is 30.0 Å². The predicted molar refractivity (Wildman–Crippen MR) is 90.3 cm³/mol. The highest BCUT2D eigenvalue weighted by Crippen LogP contribution is 2.31. The largest absolute Gasteiger partial charge is 0.312 e. The molecule has 1 nitrogen and oxygen atoms in total. The normalized spacial score (nSPS) is 10.8. The first-order valence-electron chi connectivity index (χ1n) is 6.19. The Bertz CT molecular complexity index is 561. The molecule has 0 heterocycles. The Balaban J connectivity index is 1.78. The van der Waals surface area contributed by atoms with E-state index in [1.165, 1.54) is 4.90 Å². The van der Waals surface area contributed by atoms with Crippen LogP contribution in [0.4, 0.5) is 0 Å². The van der Waals surface area contributed by atoms with Crippen molar-refractivity contribution >= 4 is 46.6 Å². The van der Waals surface area contributed by atoms with Crippen LogP contribution in [0.5, 0.6) is 0 Å². The van der Waals surface area contributed by atoms with Gasteiger partial charge in [0.15, 0.2) is 0 Å². The summed E-state index contributed by atoms with van der Waals surface area (Å²) in [5, 5.41) is 5.04. The monoisotopic (exact) mass is 345 g/mol. The van der Waals surface area contributed by atoms with Gasteiger partial charge < -0.3 is 5.32 Å². The smallest absolute Gasteiger partial charge is 0.0652 e. The lowest BCUT2D eigenvalue weighted by Gasteiger charge is -2.09. The topological polar surface area (TPSA) is 12.0 Å². The van der Waals surface area contributed by atoms with Crippen LogP contribution in [0.3, 0.4) is 0 Å². The maximum absolute atomic E-state index is 6.15. The van der Waals surface area contributed by atoms with Gasteiger partial charge >= 0.3 is 0 Å². The fourth-order valence-electron chi connectivity index (χ4n) is 1.70. The number of nitrogens with one attached hydrogen (secondary N) is 1. The molecule has 0 saturated carbocycles. The van der Waals surface area contributed by atoms with Crippen molar-refractivity contribution in [3.63, 3.8) is 0 Å². The molecule has 5 heteroatoms. The molecule has 0 radical (unpaired) electrons. The van der Waals surface area contributed by atoms with Gasteiger partial charge in [-0.15, -0.1) is 11.8 Å². The molecule has 0 aliphatic heterocycles. The molecule has 0 amide bonds. The van der Waals surface area contributed by atoms with Crippen LogP contribution in [0.2, 0.25) is 15.1 Å². The molecule has 2 aromatic rings. The maximum atomic E-state index is 6.15. The first-order chi connectivity index (χ1) is 9.68. The van der Waals surface area contributed by atoms with Crippen molar-refractivity contribution in [1.29, 1.82) is 0 Å². The number of hydrogen-bond acceptors (Lipinski definition) is 2. The molecule has 0 bridgehead atoms. The lowest BCUT2D eigenvalue weighted by atomic mass is 10.2. The molecule has 0 unspecified atom stereocenters. The summed E-state index contributed by atoms with van der Waals surface area (Å²) in [7, 11) is 0. The second-order valence-electron chi connectivity index (χ2n) is 4.16. The van der Waals surface area contributed by atoms with Crippen LogP contribution in [0.25, 0.3) is 0 Å². The summed E-state index contributed by atoms with van der Waals surface area (Å²) in [6.45, 7) is 1.49. The van der Waals surface area contributed by atoms with E-state index in [9.17, 15) is 0 Å². The minimum Gasteiger partial charge on any atom is -0.312 e. The van der Waals surface area contributed by atoms with Gasteiger partial charge in [-0.2, -0.15) is 0 Å². The van der Waals surface area contributed by atoms with E-state index in [1.54, 1.807) is 12.1 Å². The molecule has 0 atom stereocenters. The summed E-state index contributed by atoms with van der Waals surface area (Å²) in [6, 6.07) is 13.8. The zero-order valence-electron chi connectivity index (χ0n) is 10.7. The zero-order valence-corrected chi connectivity index (χ0v) is 13.8. The molecular weight excluding hydrogens is 333 g/mol. The molecule has 1 N–H and O–H groups in total. The number of rotatable bonds is 6.